The summed E-state index contributed by atoms with van der Waals surface area (Å²) in [5, 5.41) is 15.3. The molecule has 0 radical (unpaired) electrons. The zero-order valence-corrected chi connectivity index (χ0v) is 11.2. The van der Waals surface area contributed by atoms with Gasteiger partial charge in [0.15, 0.2) is 0 Å². The number of rotatable bonds is 6. The van der Waals surface area contributed by atoms with Crippen LogP contribution in [-0.4, -0.2) is 23.1 Å². The Hall–Kier alpha value is -0.770. The van der Waals surface area contributed by atoms with Crippen LogP contribution >= 0.6 is 0 Å². The molecule has 0 bridgehead atoms. The van der Waals surface area contributed by atoms with Gasteiger partial charge in [0.25, 0.3) is 0 Å². The van der Waals surface area contributed by atoms with Gasteiger partial charge in [0.05, 0.1) is 0 Å². The highest BCUT2D eigenvalue weighted by Gasteiger charge is 2.22. The van der Waals surface area contributed by atoms with Crippen molar-refractivity contribution >= 4 is 5.84 Å². The van der Waals surface area contributed by atoms with Gasteiger partial charge in [0.1, 0.15) is 5.84 Å². The summed E-state index contributed by atoms with van der Waals surface area (Å²) in [4.78, 5) is 0. The third kappa shape index (κ3) is 4.94. The van der Waals surface area contributed by atoms with E-state index in [1.54, 1.807) is 0 Å². The maximum absolute atomic E-state index is 8.60. The molecule has 4 N–H and O–H groups in total. The number of nitrogens with zero attached hydrogens (tertiary/aromatic N) is 1. The standard InChI is InChI=1S/C13H27N3O/c1-3-10-6-5-7-12(8-10)15-11(4-2)9-13(14)16-17/h10-12,15,17H,3-9H2,1-2H3,(H2,14,16). The Morgan fingerprint density at radius 2 is 2.24 bits per heavy atom. The summed E-state index contributed by atoms with van der Waals surface area (Å²) in [6.07, 6.45) is 8.20. The molecule has 0 amide bonds. The van der Waals surface area contributed by atoms with Gasteiger partial charge in [-0.2, -0.15) is 0 Å². The highest BCUT2D eigenvalue weighted by atomic mass is 16.4. The molecule has 0 aliphatic heterocycles. The van der Waals surface area contributed by atoms with Gasteiger partial charge in [0.2, 0.25) is 0 Å². The SMILES string of the molecule is CCC1CCCC(NC(CC)CC(N)=NO)C1. The van der Waals surface area contributed by atoms with Gasteiger partial charge in [-0.15, -0.1) is 0 Å². The molecule has 0 aromatic heterocycles. The van der Waals surface area contributed by atoms with E-state index in [4.69, 9.17) is 10.9 Å². The predicted octanol–water partition coefficient (Wildman–Crippen LogP) is 2.46. The lowest BCUT2D eigenvalue weighted by atomic mass is 9.84. The van der Waals surface area contributed by atoms with Gasteiger partial charge in [-0.25, -0.2) is 0 Å². The number of amidine groups is 1. The van der Waals surface area contributed by atoms with E-state index < -0.39 is 0 Å². The lowest BCUT2D eigenvalue weighted by Crippen LogP contribution is -2.42. The summed E-state index contributed by atoms with van der Waals surface area (Å²) < 4.78 is 0. The summed E-state index contributed by atoms with van der Waals surface area (Å²) in [5.74, 6) is 1.20. The van der Waals surface area contributed by atoms with E-state index >= 15 is 0 Å². The van der Waals surface area contributed by atoms with Crippen LogP contribution in [0.2, 0.25) is 0 Å². The number of nitrogens with one attached hydrogen (secondary N) is 1. The van der Waals surface area contributed by atoms with Gasteiger partial charge >= 0.3 is 0 Å². The zero-order valence-electron chi connectivity index (χ0n) is 11.2. The smallest absolute Gasteiger partial charge is 0.140 e. The molecule has 100 valence electrons. The molecule has 0 aromatic carbocycles. The second kappa shape index (κ2) is 7.54. The van der Waals surface area contributed by atoms with Crippen molar-refractivity contribution < 1.29 is 5.21 Å². The van der Waals surface area contributed by atoms with Crippen LogP contribution in [0, 0.1) is 5.92 Å². The Balaban J connectivity index is 2.39. The Bertz CT molecular complexity index is 243. The maximum Gasteiger partial charge on any atom is 0.140 e. The van der Waals surface area contributed by atoms with E-state index in [2.05, 4.69) is 24.3 Å². The number of hydrogen-bond acceptors (Lipinski definition) is 3. The lowest BCUT2D eigenvalue weighted by Gasteiger charge is -2.32. The molecule has 4 heteroatoms. The topological polar surface area (TPSA) is 70.6 Å². The van der Waals surface area contributed by atoms with E-state index in [9.17, 15) is 0 Å². The van der Waals surface area contributed by atoms with E-state index in [0.29, 0.717) is 24.3 Å². The molecule has 0 spiro atoms. The second-order valence-corrected chi connectivity index (χ2v) is 5.21. The Labute approximate surface area is 105 Å². The summed E-state index contributed by atoms with van der Waals surface area (Å²) in [5.41, 5.74) is 5.57. The maximum atomic E-state index is 8.60. The van der Waals surface area contributed by atoms with Crippen molar-refractivity contribution in [2.24, 2.45) is 16.8 Å². The van der Waals surface area contributed by atoms with Crippen molar-refractivity contribution in [3.05, 3.63) is 0 Å². The molecule has 3 unspecified atom stereocenters. The fourth-order valence-corrected chi connectivity index (χ4v) is 2.76. The molecule has 1 aliphatic carbocycles. The molecule has 0 aromatic rings. The van der Waals surface area contributed by atoms with Gasteiger partial charge in [0, 0.05) is 18.5 Å². The fourth-order valence-electron chi connectivity index (χ4n) is 2.76. The van der Waals surface area contributed by atoms with Gasteiger partial charge in [-0.1, -0.05) is 38.3 Å². The number of nitrogens with two attached hydrogens (primary N) is 1. The minimum absolute atomic E-state index is 0.326. The lowest BCUT2D eigenvalue weighted by molar-refractivity contribution is 0.259. The summed E-state index contributed by atoms with van der Waals surface area (Å²) in [7, 11) is 0. The van der Waals surface area contributed by atoms with Crippen molar-refractivity contribution in [1.29, 1.82) is 0 Å². The molecule has 1 aliphatic rings. The molecule has 17 heavy (non-hydrogen) atoms. The van der Waals surface area contributed by atoms with Gasteiger partial charge in [-0.3, -0.25) is 0 Å². The first kappa shape index (κ1) is 14.3. The van der Waals surface area contributed by atoms with Crippen LogP contribution in [0.15, 0.2) is 5.16 Å². The minimum Gasteiger partial charge on any atom is -0.409 e. The largest absolute Gasteiger partial charge is 0.409 e. The summed E-state index contributed by atoms with van der Waals surface area (Å²) in [6.45, 7) is 4.42. The highest BCUT2D eigenvalue weighted by Crippen LogP contribution is 2.27. The molecular formula is C13H27N3O. The fraction of sp³-hybridized carbons (Fsp3) is 0.923. The molecule has 1 fully saturated rings. The van der Waals surface area contributed by atoms with Crippen LogP contribution in [0.4, 0.5) is 0 Å². The first-order chi connectivity index (χ1) is 8.19. The van der Waals surface area contributed by atoms with Crippen molar-refractivity contribution in [1.82, 2.24) is 5.32 Å². The average Bonchev–Trinajstić information content (AvgIpc) is 2.37. The molecule has 3 atom stereocenters. The Kier molecular flexibility index (Phi) is 6.34. The molecule has 1 rings (SSSR count). The van der Waals surface area contributed by atoms with Crippen LogP contribution < -0.4 is 11.1 Å². The van der Waals surface area contributed by atoms with E-state index in [1.165, 1.54) is 32.1 Å². The van der Waals surface area contributed by atoms with Crippen LogP contribution in [0.3, 0.4) is 0 Å². The van der Waals surface area contributed by atoms with Crippen molar-refractivity contribution in [3.63, 3.8) is 0 Å². The summed E-state index contributed by atoms with van der Waals surface area (Å²) in [6, 6.07) is 0.955. The first-order valence-corrected chi connectivity index (χ1v) is 6.92. The third-order valence-corrected chi connectivity index (χ3v) is 3.91. The van der Waals surface area contributed by atoms with Crippen LogP contribution in [0.25, 0.3) is 0 Å². The Morgan fingerprint density at radius 3 is 2.82 bits per heavy atom. The summed E-state index contributed by atoms with van der Waals surface area (Å²) >= 11 is 0. The highest BCUT2D eigenvalue weighted by molar-refractivity contribution is 5.80. The third-order valence-electron chi connectivity index (χ3n) is 3.91. The first-order valence-electron chi connectivity index (χ1n) is 6.92. The molecule has 0 heterocycles. The normalized spacial score (nSPS) is 28.0. The van der Waals surface area contributed by atoms with E-state index in [-0.39, 0.29) is 0 Å². The molecule has 1 saturated carbocycles. The van der Waals surface area contributed by atoms with E-state index in [1.807, 2.05) is 0 Å². The van der Waals surface area contributed by atoms with Crippen LogP contribution in [0.5, 0.6) is 0 Å². The quantitative estimate of drug-likeness (QED) is 0.289. The van der Waals surface area contributed by atoms with Crippen molar-refractivity contribution in [2.75, 3.05) is 0 Å². The average molecular weight is 241 g/mol. The Morgan fingerprint density at radius 1 is 1.47 bits per heavy atom. The van der Waals surface area contributed by atoms with Crippen LogP contribution in [-0.2, 0) is 0 Å². The van der Waals surface area contributed by atoms with Gasteiger partial charge < -0.3 is 16.3 Å². The zero-order chi connectivity index (χ0) is 12.7. The molecule has 0 saturated heterocycles. The number of oxime groups is 1. The predicted molar refractivity (Wildman–Crippen MR) is 71.3 cm³/mol. The number of hydrogen-bond donors (Lipinski definition) is 3. The second-order valence-electron chi connectivity index (χ2n) is 5.21. The van der Waals surface area contributed by atoms with E-state index in [0.717, 1.165) is 12.3 Å². The van der Waals surface area contributed by atoms with Crippen LogP contribution in [0.1, 0.15) is 58.8 Å². The van der Waals surface area contributed by atoms with Crippen molar-refractivity contribution in [2.45, 2.75) is 70.9 Å². The minimum atomic E-state index is 0.326. The van der Waals surface area contributed by atoms with Gasteiger partial charge in [-0.05, 0) is 25.2 Å². The van der Waals surface area contributed by atoms with Crippen molar-refractivity contribution in [3.8, 4) is 0 Å². The molecule has 4 nitrogen and oxygen atoms in total. The monoisotopic (exact) mass is 241 g/mol. The molecular weight excluding hydrogens is 214 g/mol.